The average molecular weight is 313 g/mol. The van der Waals surface area contributed by atoms with Crippen molar-refractivity contribution in [2.45, 2.75) is 12.5 Å². The number of aromatic nitrogens is 1. The molecule has 2 aromatic rings. The van der Waals surface area contributed by atoms with Crippen molar-refractivity contribution >= 4 is 15.9 Å². The normalized spacial score (nSPS) is 12.4. The summed E-state index contributed by atoms with van der Waals surface area (Å²) in [6.07, 6.45) is 1.89. The number of hydrogen-bond donors (Lipinski definition) is 1. The molecule has 2 nitrogen and oxygen atoms in total. The minimum Gasteiger partial charge on any atom is -0.322 e. The predicted octanol–water partition coefficient (Wildman–Crippen LogP) is 3.36. The predicted molar refractivity (Wildman–Crippen MR) is 68.9 cm³/mol. The average Bonchev–Trinajstić information content (AvgIpc) is 2.34. The molecule has 0 bridgehead atoms. The molecule has 0 fully saturated rings. The van der Waals surface area contributed by atoms with E-state index in [9.17, 15) is 8.78 Å². The summed E-state index contributed by atoms with van der Waals surface area (Å²) < 4.78 is 26.9. The summed E-state index contributed by atoms with van der Waals surface area (Å²) in [7, 11) is 0. The van der Waals surface area contributed by atoms with E-state index in [1.165, 1.54) is 24.4 Å². The van der Waals surface area contributed by atoms with E-state index in [0.717, 1.165) is 5.56 Å². The third-order valence-electron chi connectivity index (χ3n) is 2.58. The third-order valence-corrected chi connectivity index (χ3v) is 3.19. The second-order valence-electron chi connectivity index (χ2n) is 3.93. The van der Waals surface area contributed by atoms with Crippen LogP contribution in [-0.2, 0) is 6.42 Å². The van der Waals surface area contributed by atoms with E-state index < -0.39 is 11.9 Å². The molecule has 0 aliphatic carbocycles. The Morgan fingerprint density at radius 2 is 2.00 bits per heavy atom. The summed E-state index contributed by atoms with van der Waals surface area (Å²) in [5.41, 5.74) is 6.94. The van der Waals surface area contributed by atoms with Crippen LogP contribution in [0.1, 0.15) is 17.3 Å². The van der Waals surface area contributed by atoms with Gasteiger partial charge in [-0.2, -0.15) is 0 Å². The maximum atomic E-state index is 13.5. The van der Waals surface area contributed by atoms with Crippen LogP contribution in [0.2, 0.25) is 0 Å². The molecule has 5 heteroatoms. The van der Waals surface area contributed by atoms with Crippen molar-refractivity contribution in [1.29, 1.82) is 0 Å². The van der Waals surface area contributed by atoms with Crippen molar-refractivity contribution in [1.82, 2.24) is 4.98 Å². The highest BCUT2D eigenvalue weighted by Gasteiger charge is 2.13. The molecule has 0 saturated heterocycles. The number of halogens is 3. The number of hydrogen-bond acceptors (Lipinski definition) is 2. The van der Waals surface area contributed by atoms with Gasteiger partial charge in [0, 0.05) is 6.20 Å². The van der Waals surface area contributed by atoms with Gasteiger partial charge in [-0.3, -0.25) is 4.98 Å². The van der Waals surface area contributed by atoms with Crippen molar-refractivity contribution in [2.24, 2.45) is 5.73 Å². The van der Waals surface area contributed by atoms with Crippen molar-refractivity contribution in [2.75, 3.05) is 0 Å². The zero-order valence-corrected chi connectivity index (χ0v) is 11.0. The van der Waals surface area contributed by atoms with Crippen molar-refractivity contribution in [3.8, 4) is 0 Å². The molecule has 0 spiro atoms. The topological polar surface area (TPSA) is 38.9 Å². The SMILES string of the molecule is NC(Cc1ccc(F)c(Br)c1)c1ncccc1F. The maximum absolute atomic E-state index is 13.5. The molecule has 1 heterocycles. The first-order chi connectivity index (χ1) is 8.58. The molecule has 94 valence electrons. The summed E-state index contributed by atoms with van der Waals surface area (Å²) in [4.78, 5) is 3.93. The summed E-state index contributed by atoms with van der Waals surface area (Å²) in [5, 5.41) is 0. The van der Waals surface area contributed by atoms with Gasteiger partial charge in [-0.25, -0.2) is 8.78 Å². The van der Waals surface area contributed by atoms with Gasteiger partial charge < -0.3 is 5.73 Å². The number of rotatable bonds is 3. The Bertz CT molecular complexity index is 560. The first kappa shape index (κ1) is 13.1. The summed E-state index contributed by atoms with van der Waals surface area (Å²) in [5.74, 6) is -0.762. The van der Waals surface area contributed by atoms with E-state index in [-0.39, 0.29) is 11.5 Å². The number of pyridine rings is 1. The molecule has 1 unspecified atom stereocenters. The van der Waals surface area contributed by atoms with Crippen LogP contribution in [0.5, 0.6) is 0 Å². The van der Waals surface area contributed by atoms with Crippen LogP contribution in [0.15, 0.2) is 41.0 Å². The van der Waals surface area contributed by atoms with Crippen LogP contribution in [0.4, 0.5) is 8.78 Å². The Kier molecular flexibility index (Phi) is 4.04. The Balaban J connectivity index is 2.19. The highest BCUT2D eigenvalue weighted by atomic mass is 79.9. The number of nitrogens with two attached hydrogens (primary N) is 1. The first-order valence-electron chi connectivity index (χ1n) is 5.38. The van der Waals surface area contributed by atoms with Gasteiger partial charge in [-0.1, -0.05) is 6.07 Å². The van der Waals surface area contributed by atoms with E-state index in [4.69, 9.17) is 5.73 Å². The lowest BCUT2D eigenvalue weighted by molar-refractivity contribution is 0.563. The molecule has 2 N–H and O–H groups in total. The molecule has 2 rings (SSSR count). The van der Waals surface area contributed by atoms with Crippen LogP contribution in [0, 0.1) is 11.6 Å². The summed E-state index contributed by atoms with van der Waals surface area (Å²) >= 11 is 3.10. The molecule has 0 amide bonds. The van der Waals surface area contributed by atoms with E-state index in [1.54, 1.807) is 12.1 Å². The minimum atomic E-state index is -0.552. The van der Waals surface area contributed by atoms with E-state index in [1.807, 2.05) is 0 Å². The largest absolute Gasteiger partial charge is 0.322 e. The molecule has 0 aliphatic rings. The molecule has 0 radical (unpaired) electrons. The highest BCUT2D eigenvalue weighted by molar-refractivity contribution is 9.10. The lowest BCUT2D eigenvalue weighted by Crippen LogP contribution is -2.16. The van der Waals surface area contributed by atoms with Crippen LogP contribution < -0.4 is 5.73 Å². The van der Waals surface area contributed by atoms with Gasteiger partial charge >= 0.3 is 0 Å². The monoisotopic (exact) mass is 312 g/mol. The van der Waals surface area contributed by atoms with Crippen LogP contribution in [0.25, 0.3) is 0 Å². The fourth-order valence-corrected chi connectivity index (χ4v) is 2.11. The zero-order chi connectivity index (χ0) is 13.1. The molecule has 0 saturated carbocycles. The van der Waals surface area contributed by atoms with Gasteiger partial charge in [0.15, 0.2) is 0 Å². The zero-order valence-electron chi connectivity index (χ0n) is 9.41. The fraction of sp³-hybridized carbons (Fsp3) is 0.154. The van der Waals surface area contributed by atoms with Gasteiger partial charge in [-0.05, 0) is 52.2 Å². The van der Waals surface area contributed by atoms with Crippen molar-refractivity contribution in [3.05, 3.63) is 63.9 Å². The molecule has 18 heavy (non-hydrogen) atoms. The first-order valence-corrected chi connectivity index (χ1v) is 6.17. The van der Waals surface area contributed by atoms with Gasteiger partial charge in [-0.15, -0.1) is 0 Å². The standard InChI is InChI=1S/C13H11BrF2N2/c14-9-6-8(3-4-10(9)15)7-12(17)13-11(16)2-1-5-18-13/h1-6,12H,7,17H2. The third kappa shape index (κ3) is 2.91. The molecular weight excluding hydrogens is 302 g/mol. The maximum Gasteiger partial charge on any atom is 0.146 e. The molecule has 1 aromatic heterocycles. The van der Waals surface area contributed by atoms with Crippen LogP contribution in [-0.4, -0.2) is 4.98 Å². The fourth-order valence-electron chi connectivity index (χ4n) is 1.69. The lowest BCUT2D eigenvalue weighted by Gasteiger charge is -2.12. The second-order valence-corrected chi connectivity index (χ2v) is 4.78. The molecule has 1 aromatic carbocycles. The summed E-state index contributed by atoms with van der Waals surface area (Å²) in [6.45, 7) is 0. The quantitative estimate of drug-likeness (QED) is 0.943. The van der Waals surface area contributed by atoms with Gasteiger partial charge in [0.05, 0.1) is 16.2 Å². The Labute approximate surface area is 112 Å². The van der Waals surface area contributed by atoms with E-state index >= 15 is 0 Å². The van der Waals surface area contributed by atoms with Crippen LogP contribution >= 0.6 is 15.9 Å². The van der Waals surface area contributed by atoms with Gasteiger partial charge in [0.25, 0.3) is 0 Å². The Hall–Kier alpha value is -1.33. The smallest absolute Gasteiger partial charge is 0.146 e. The number of benzene rings is 1. The Morgan fingerprint density at radius 3 is 2.67 bits per heavy atom. The lowest BCUT2D eigenvalue weighted by atomic mass is 10.0. The highest BCUT2D eigenvalue weighted by Crippen LogP contribution is 2.21. The van der Waals surface area contributed by atoms with Crippen LogP contribution in [0.3, 0.4) is 0 Å². The summed E-state index contributed by atoms with van der Waals surface area (Å²) in [6, 6.07) is 6.89. The van der Waals surface area contributed by atoms with E-state index in [0.29, 0.717) is 10.9 Å². The second kappa shape index (κ2) is 5.54. The molecule has 1 atom stereocenters. The van der Waals surface area contributed by atoms with Gasteiger partial charge in [0.1, 0.15) is 11.6 Å². The van der Waals surface area contributed by atoms with Crippen molar-refractivity contribution < 1.29 is 8.78 Å². The minimum absolute atomic E-state index is 0.220. The molecule has 0 aliphatic heterocycles. The molecular formula is C13H11BrF2N2. The Morgan fingerprint density at radius 1 is 1.22 bits per heavy atom. The van der Waals surface area contributed by atoms with Gasteiger partial charge in [0.2, 0.25) is 0 Å². The number of nitrogens with zero attached hydrogens (tertiary/aromatic N) is 1. The van der Waals surface area contributed by atoms with E-state index in [2.05, 4.69) is 20.9 Å². The van der Waals surface area contributed by atoms with Crippen molar-refractivity contribution in [3.63, 3.8) is 0 Å².